The lowest BCUT2D eigenvalue weighted by Gasteiger charge is -2.33. The molecule has 0 spiro atoms. The van der Waals surface area contributed by atoms with Crippen molar-refractivity contribution in [3.8, 4) is 0 Å². The van der Waals surface area contributed by atoms with E-state index in [4.69, 9.17) is 10.1 Å². The number of amides is 1. The van der Waals surface area contributed by atoms with E-state index in [2.05, 4.69) is 26.0 Å². The number of rotatable bonds is 5. The standard InChI is InChI=1S/C23H28N2O3/c1-14-10-15(2)22-18(11-14)19(12-20(24-22)17-6-7-17)23(28)25-9-3-4-16(13-25)5-8-21(26)27/h10-12,16-17H,3-9,13H2,1-2H3,(H,26,27). The number of fused-ring (bicyclic) bond motifs is 1. The van der Waals surface area contributed by atoms with E-state index in [0.29, 0.717) is 18.9 Å². The predicted octanol–water partition coefficient (Wildman–Crippen LogP) is 4.45. The summed E-state index contributed by atoms with van der Waals surface area (Å²) in [4.78, 5) is 31.2. The van der Waals surface area contributed by atoms with Crippen LogP contribution in [0.2, 0.25) is 0 Å². The number of benzene rings is 1. The fourth-order valence-corrected chi connectivity index (χ4v) is 4.45. The molecule has 2 aliphatic rings. The van der Waals surface area contributed by atoms with Crippen molar-refractivity contribution >= 4 is 22.8 Å². The highest BCUT2D eigenvalue weighted by Crippen LogP contribution is 2.41. The first-order valence-electron chi connectivity index (χ1n) is 10.4. The van der Waals surface area contributed by atoms with Gasteiger partial charge in [0.15, 0.2) is 0 Å². The van der Waals surface area contributed by atoms with E-state index in [-0.39, 0.29) is 18.2 Å². The van der Waals surface area contributed by atoms with Crippen LogP contribution in [0.5, 0.6) is 0 Å². The van der Waals surface area contributed by atoms with Gasteiger partial charge >= 0.3 is 5.97 Å². The summed E-state index contributed by atoms with van der Waals surface area (Å²) in [7, 11) is 0. The van der Waals surface area contributed by atoms with Gasteiger partial charge in [-0.2, -0.15) is 0 Å². The molecular weight excluding hydrogens is 352 g/mol. The van der Waals surface area contributed by atoms with Gasteiger partial charge in [-0.1, -0.05) is 11.6 Å². The molecule has 2 aromatic rings. The van der Waals surface area contributed by atoms with Crippen LogP contribution in [0.4, 0.5) is 0 Å². The van der Waals surface area contributed by atoms with Crippen molar-refractivity contribution in [2.24, 2.45) is 5.92 Å². The Morgan fingerprint density at radius 1 is 1.18 bits per heavy atom. The molecule has 0 bridgehead atoms. The number of likely N-dealkylation sites (tertiary alicyclic amines) is 1. The molecule has 2 fully saturated rings. The number of piperidine rings is 1. The first-order valence-corrected chi connectivity index (χ1v) is 10.4. The zero-order valence-electron chi connectivity index (χ0n) is 16.7. The maximum Gasteiger partial charge on any atom is 0.303 e. The summed E-state index contributed by atoms with van der Waals surface area (Å²) < 4.78 is 0. The van der Waals surface area contributed by atoms with Crippen molar-refractivity contribution in [2.75, 3.05) is 13.1 Å². The van der Waals surface area contributed by atoms with Crippen LogP contribution in [-0.4, -0.2) is 40.0 Å². The molecule has 1 amide bonds. The summed E-state index contributed by atoms with van der Waals surface area (Å²) in [6.07, 6.45) is 5.05. The fourth-order valence-electron chi connectivity index (χ4n) is 4.45. The van der Waals surface area contributed by atoms with Crippen molar-refractivity contribution in [1.29, 1.82) is 0 Å². The Balaban J connectivity index is 1.67. The minimum atomic E-state index is -0.761. The van der Waals surface area contributed by atoms with Gasteiger partial charge in [0.2, 0.25) is 0 Å². The van der Waals surface area contributed by atoms with Gasteiger partial charge in [-0.05, 0) is 69.6 Å². The molecule has 0 radical (unpaired) electrons. The molecule has 1 saturated carbocycles. The number of carbonyl (C=O) groups excluding carboxylic acids is 1. The van der Waals surface area contributed by atoms with Crippen LogP contribution in [0.25, 0.3) is 10.9 Å². The highest BCUT2D eigenvalue weighted by atomic mass is 16.4. The van der Waals surface area contributed by atoms with Crippen molar-refractivity contribution < 1.29 is 14.7 Å². The zero-order chi connectivity index (χ0) is 19.8. The summed E-state index contributed by atoms with van der Waals surface area (Å²) in [5, 5.41) is 9.91. The molecule has 28 heavy (non-hydrogen) atoms. The number of aliphatic carboxylic acids is 1. The van der Waals surface area contributed by atoms with Gasteiger partial charge in [0.25, 0.3) is 5.91 Å². The van der Waals surface area contributed by atoms with Crippen LogP contribution in [0.15, 0.2) is 18.2 Å². The van der Waals surface area contributed by atoms with Gasteiger partial charge in [-0.15, -0.1) is 0 Å². The molecule has 5 nitrogen and oxygen atoms in total. The molecule has 1 unspecified atom stereocenters. The average Bonchev–Trinajstić information content (AvgIpc) is 3.50. The number of pyridine rings is 1. The average molecular weight is 380 g/mol. The molecule has 148 valence electrons. The van der Waals surface area contributed by atoms with Gasteiger partial charge in [-0.3, -0.25) is 14.6 Å². The quantitative estimate of drug-likeness (QED) is 0.832. The highest BCUT2D eigenvalue weighted by molar-refractivity contribution is 6.07. The summed E-state index contributed by atoms with van der Waals surface area (Å²) in [5.74, 6) is 0.0672. The molecule has 1 atom stereocenters. The highest BCUT2D eigenvalue weighted by Gasteiger charge is 2.30. The number of carbonyl (C=O) groups is 2. The van der Waals surface area contributed by atoms with Crippen LogP contribution in [0.3, 0.4) is 0 Å². The van der Waals surface area contributed by atoms with E-state index < -0.39 is 5.97 Å². The van der Waals surface area contributed by atoms with Gasteiger partial charge in [-0.25, -0.2) is 0 Å². The zero-order valence-corrected chi connectivity index (χ0v) is 16.7. The minimum Gasteiger partial charge on any atom is -0.481 e. The molecule has 1 aliphatic heterocycles. The third kappa shape index (κ3) is 3.89. The van der Waals surface area contributed by atoms with Crippen molar-refractivity contribution in [2.45, 2.75) is 58.3 Å². The van der Waals surface area contributed by atoms with E-state index in [0.717, 1.165) is 65.5 Å². The lowest BCUT2D eigenvalue weighted by Crippen LogP contribution is -2.40. The Hall–Kier alpha value is -2.43. The van der Waals surface area contributed by atoms with Gasteiger partial charge < -0.3 is 10.0 Å². The molecule has 1 N–H and O–H groups in total. The van der Waals surface area contributed by atoms with Crippen molar-refractivity contribution in [1.82, 2.24) is 9.88 Å². The van der Waals surface area contributed by atoms with Gasteiger partial charge in [0.05, 0.1) is 11.1 Å². The third-order valence-electron chi connectivity index (χ3n) is 6.07. The smallest absolute Gasteiger partial charge is 0.303 e. The second kappa shape index (κ2) is 7.53. The Bertz CT molecular complexity index is 933. The third-order valence-corrected chi connectivity index (χ3v) is 6.07. The Kier molecular flexibility index (Phi) is 5.09. The molecule has 5 heteroatoms. The lowest BCUT2D eigenvalue weighted by molar-refractivity contribution is -0.137. The number of hydrogen-bond acceptors (Lipinski definition) is 3. The maximum absolute atomic E-state index is 13.5. The number of aryl methyl sites for hydroxylation is 2. The molecule has 1 saturated heterocycles. The normalized spacial score (nSPS) is 19.8. The summed E-state index contributed by atoms with van der Waals surface area (Å²) >= 11 is 0. The molecule has 1 aromatic heterocycles. The van der Waals surface area contributed by atoms with E-state index in [1.807, 2.05) is 11.0 Å². The second-order valence-corrected chi connectivity index (χ2v) is 8.54. The van der Waals surface area contributed by atoms with Crippen LogP contribution in [0.1, 0.15) is 71.6 Å². The van der Waals surface area contributed by atoms with Crippen LogP contribution >= 0.6 is 0 Å². The lowest BCUT2D eigenvalue weighted by atomic mass is 9.92. The minimum absolute atomic E-state index is 0.0688. The van der Waals surface area contributed by atoms with Gasteiger partial charge in [0, 0.05) is 36.5 Å². The summed E-state index contributed by atoms with van der Waals surface area (Å²) in [6, 6.07) is 6.22. The van der Waals surface area contributed by atoms with E-state index >= 15 is 0 Å². The molecule has 4 rings (SSSR count). The van der Waals surface area contributed by atoms with Crippen molar-refractivity contribution in [3.05, 3.63) is 40.6 Å². The number of carboxylic acids is 1. The Labute approximate surface area is 165 Å². The maximum atomic E-state index is 13.5. The summed E-state index contributed by atoms with van der Waals surface area (Å²) in [5.41, 5.74) is 5.00. The van der Waals surface area contributed by atoms with E-state index in [9.17, 15) is 9.59 Å². The topological polar surface area (TPSA) is 70.5 Å². The van der Waals surface area contributed by atoms with Crippen LogP contribution < -0.4 is 0 Å². The van der Waals surface area contributed by atoms with Crippen molar-refractivity contribution in [3.63, 3.8) is 0 Å². The molecule has 1 aromatic carbocycles. The second-order valence-electron chi connectivity index (χ2n) is 8.54. The summed E-state index contributed by atoms with van der Waals surface area (Å²) in [6.45, 7) is 5.52. The monoisotopic (exact) mass is 380 g/mol. The number of aromatic nitrogens is 1. The Morgan fingerprint density at radius 3 is 2.68 bits per heavy atom. The molecule has 2 heterocycles. The Morgan fingerprint density at radius 2 is 1.96 bits per heavy atom. The SMILES string of the molecule is Cc1cc(C)c2nc(C3CC3)cc(C(=O)N3CCCC(CCC(=O)O)C3)c2c1. The number of hydrogen-bond donors (Lipinski definition) is 1. The fraction of sp³-hybridized carbons (Fsp3) is 0.522. The van der Waals surface area contributed by atoms with E-state index in [1.54, 1.807) is 0 Å². The number of carboxylic acid groups (broad SMARTS) is 1. The first-order chi connectivity index (χ1) is 13.4. The van der Waals surface area contributed by atoms with Gasteiger partial charge in [0.1, 0.15) is 0 Å². The van der Waals surface area contributed by atoms with E-state index in [1.165, 1.54) is 0 Å². The van der Waals surface area contributed by atoms with Crippen LogP contribution in [0, 0.1) is 19.8 Å². The van der Waals surface area contributed by atoms with Crippen LogP contribution in [-0.2, 0) is 4.79 Å². The number of nitrogens with zero attached hydrogens (tertiary/aromatic N) is 2. The largest absolute Gasteiger partial charge is 0.481 e. The molecule has 1 aliphatic carbocycles. The predicted molar refractivity (Wildman–Crippen MR) is 109 cm³/mol. The first kappa shape index (κ1) is 18.9. The molecular formula is C23H28N2O3.